The highest BCUT2D eigenvalue weighted by Crippen LogP contribution is 2.22. The van der Waals surface area contributed by atoms with Gasteiger partial charge in [-0.1, -0.05) is 38.3 Å². The van der Waals surface area contributed by atoms with Gasteiger partial charge in [-0.05, 0) is 18.8 Å². The van der Waals surface area contributed by atoms with E-state index in [9.17, 15) is 4.79 Å². The summed E-state index contributed by atoms with van der Waals surface area (Å²) in [4.78, 5) is 11.5. The summed E-state index contributed by atoms with van der Waals surface area (Å²) < 4.78 is 0. The summed E-state index contributed by atoms with van der Waals surface area (Å²) in [7, 11) is 0. The lowest BCUT2D eigenvalue weighted by Crippen LogP contribution is -2.18. The molecule has 0 aliphatic heterocycles. The van der Waals surface area contributed by atoms with Gasteiger partial charge < -0.3 is 0 Å². The second kappa shape index (κ2) is 6.32. The van der Waals surface area contributed by atoms with Gasteiger partial charge in [0.05, 0.1) is 6.20 Å². The first-order chi connectivity index (χ1) is 7.29. The molecule has 0 radical (unpaired) electrons. The minimum atomic E-state index is -0.0895. The van der Waals surface area contributed by atoms with E-state index in [1.54, 1.807) is 6.20 Å². The summed E-state index contributed by atoms with van der Waals surface area (Å²) in [6.45, 7) is 4.29. The molecular formula is C11H19N3O. The molecule has 0 aliphatic carbocycles. The van der Waals surface area contributed by atoms with Gasteiger partial charge in [-0.25, -0.2) is 5.10 Å². The molecule has 0 bridgehead atoms. The molecule has 1 rings (SSSR count). The highest BCUT2D eigenvalue weighted by molar-refractivity contribution is 5.08. The summed E-state index contributed by atoms with van der Waals surface area (Å²) in [6, 6.07) is 0. The van der Waals surface area contributed by atoms with Crippen molar-refractivity contribution in [3.63, 3.8) is 0 Å². The fourth-order valence-electron chi connectivity index (χ4n) is 1.80. The third-order valence-electron chi connectivity index (χ3n) is 2.76. The average Bonchev–Trinajstić information content (AvgIpc) is 2.26. The van der Waals surface area contributed by atoms with E-state index < -0.39 is 0 Å². The van der Waals surface area contributed by atoms with Crippen LogP contribution in [-0.4, -0.2) is 15.4 Å². The van der Waals surface area contributed by atoms with E-state index in [0.717, 1.165) is 18.4 Å². The summed E-state index contributed by atoms with van der Waals surface area (Å²) in [5, 5.41) is 9.60. The molecule has 0 saturated heterocycles. The van der Waals surface area contributed by atoms with Crippen molar-refractivity contribution in [1.82, 2.24) is 15.4 Å². The Bertz CT molecular complexity index is 335. The Morgan fingerprint density at radius 3 is 2.80 bits per heavy atom. The predicted molar refractivity (Wildman–Crippen MR) is 59.8 cm³/mol. The monoisotopic (exact) mass is 209 g/mol. The Morgan fingerprint density at radius 2 is 2.20 bits per heavy atom. The van der Waals surface area contributed by atoms with Crippen LogP contribution in [0.15, 0.2) is 11.0 Å². The number of aromatic nitrogens is 3. The summed E-state index contributed by atoms with van der Waals surface area (Å²) in [5.41, 5.74) is 0.692. The van der Waals surface area contributed by atoms with E-state index >= 15 is 0 Å². The van der Waals surface area contributed by atoms with Gasteiger partial charge >= 0.3 is 0 Å². The van der Waals surface area contributed by atoms with Crippen molar-refractivity contribution < 1.29 is 0 Å². The number of unbranched alkanes of at least 4 members (excludes halogenated alkanes) is 2. The Kier molecular flexibility index (Phi) is 5.01. The van der Waals surface area contributed by atoms with Gasteiger partial charge in [0.15, 0.2) is 0 Å². The molecule has 1 heterocycles. The van der Waals surface area contributed by atoms with Crippen LogP contribution >= 0.6 is 0 Å². The minimum absolute atomic E-state index is 0.0895. The van der Waals surface area contributed by atoms with E-state index in [1.165, 1.54) is 19.3 Å². The first-order valence-corrected chi connectivity index (χ1v) is 5.69. The maximum absolute atomic E-state index is 11.5. The van der Waals surface area contributed by atoms with Crippen molar-refractivity contribution in [2.45, 2.75) is 51.9 Å². The van der Waals surface area contributed by atoms with Gasteiger partial charge in [0.2, 0.25) is 0 Å². The smallest absolute Gasteiger partial charge is 0.268 e. The molecule has 0 aliphatic rings. The van der Waals surface area contributed by atoms with Crippen molar-refractivity contribution in [1.29, 1.82) is 0 Å². The van der Waals surface area contributed by atoms with Crippen LogP contribution in [0.25, 0.3) is 0 Å². The van der Waals surface area contributed by atoms with Crippen LogP contribution < -0.4 is 5.56 Å². The van der Waals surface area contributed by atoms with E-state index in [0.29, 0.717) is 5.92 Å². The van der Waals surface area contributed by atoms with Gasteiger partial charge in [0.1, 0.15) is 0 Å². The molecule has 1 unspecified atom stereocenters. The second-order valence-electron chi connectivity index (χ2n) is 3.84. The standard InChI is InChI=1S/C11H19N3O/c1-3-5-6-7-9(4-2)10-8-12-14-13-11(10)15/h8-9H,3-7H2,1-2H3,(H,12,13,15). The lowest BCUT2D eigenvalue weighted by molar-refractivity contribution is 0.543. The van der Waals surface area contributed by atoms with Gasteiger partial charge in [-0.15, -0.1) is 5.10 Å². The zero-order valence-corrected chi connectivity index (χ0v) is 9.49. The molecule has 15 heavy (non-hydrogen) atoms. The molecule has 0 spiro atoms. The lowest BCUT2D eigenvalue weighted by Gasteiger charge is -2.12. The average molecular weight is 209 g/mol. The largest absolute Gasteiger partial charge is 0.270 e. The normalized spacial score (nSPS) is 12.7. The maximum Gasteiger partial charge on any atom is 0.270 e. The van der Waals surface area contributed by atoms with E-state index in [4.69, 9.17) is 0 Å². The fraction of sp³-hybridized carbons (Fsp3) is 0.727. The molecule has 1 aromatic rings. The number of nitrogens with one attached hydrogen (secondary N) is 1. The quantitative estimate of drug-likeness (QED) is 0.731. The highest BCUT2D eigenvalue weighted by atomic mass is 16.1. The van der Waals surface area contributed by atoms with Crippen molar-refractivity contribution in [3.05, 3.63) is 22.1 Å². The third-order valence-corrected chi connectivity index (χ3v) is 2.76. The molecule has 84 valence electrons. The van der Waals surface area contributed by atoms with E-state index in [1.807, 2.05) is 0 Å². The minimum Gasteiger partial charge on any atom is -0.268 e. The number of hydrogen-bond donors (Lipinski definition) is 1. The van der Waals surface area contributed by atoms with Crippen LogP contribution in [0.2, 0.25) is 0 Å². The number of nitrogens with zero attached hydrogens (tertiary/aromatic N) is 2. The highest BCUT2D eigenvalue weighted by Gasteiger charge is 2.12. The van der Waals surface area contributed by atoms with Gasteiger partial charge in [-0.2, -0.15) is 0 Å². The Labute approximate surface area is 90.1 Å². The third kappa shape index (κ3) is 3.46. The van der Waals surface area contributed by atoms with Crippen LogP contribution in [0.4, 0.5) is 0 Å². The van der Waals surface area contributed by atoms with Gasteiger partial charge in [-0.3, -0.25) is 4.79 Å². The van der Waals surface area contributed by atoms with Crippen molar-refractivity contribution in [2.24, 2.45) is 0 Å². The number of rotatable bonds is 6. The van der Waals surface area contributed by atoms with Crippen LogP contribution in [-0.2, 0) is 0 Å². The second-order valence-corrected chi connectivity index (χ2v) is 3.84. The molecule has 0 fully saturated rings. The van der Waals surface area contributed by atoms with E-state index in [-0.39, 0.29) is 5.56 Å². The first kappa shape index (κ1) is 11.9. The van der Waals surface area contributed by atoms with Crippen LogP contribution in [0.3, 0.4) is 0 Å². The molecule has 0 amide bonds. The zero-order valence-electron chi connectivity index (χ0n) is 9.49. The maximum atomic E-state index is 11.5. The fourth-order valence-corrected chi connectivity index (χ4v) is 1.80. The van der Waals surface area contributed by atoms with Crippen LogP contribution in [0, 0.1) is 0 Å². The molecule has 1 N–H and O–H groups in total. The molecule has 0 saturated carbocycles. The van der Waals surface area contributed by atoms with Gasteiger partial charge in [0, 0.05) is 5.56 Å². The zero-order chi connectivity index (χ0) is 11.1. The van der Waals surface area contributed by atoms with Crippen LogP contribution in [0.1, 0.15) is 57.4 Å². The summed E-state index contributed by atoms with van der Waals surface area (Å²) >= 11 is 0. The number of hydrogen-bond acceptors (Lipinski definition) is 3. The molecule has 4 heteroatoms. The molecular weight excluding hydrogens is 190 g/mol. The predicted octanol–water partition coefficient (Wildman–Crippen LogP) is 2.24. The lowest BCUT2D eigenvalue weighted by atomic mass is 9.93. The summed E-state index contributed by atoms with van der Waals surface area (Å²) in [5.74, 6) is 0.329. The SMILES string of the molecule is CCCCCC(CC)c1cnn[nH]c1=O. The Morgan fingerprint density at radius 1 is 1.40 bits per heavy atom. The topological polar surface area (TPSA) is 58.6 Å². The number of aromatic amines is 1. The number of H-pyrrole nitrogens is 1. The van der Waals surface area contributed by atoms with Crippen LogP contribution in [0.5, 0.6) is 0 Å². The van der Waals surface area contributed by atoms with E-state index in [2.05, 4.69) is 29.3 Å². The molecule has 1 atom stereocenters. The molecule has 1 aromatic heterocycles. The van der Waals surface area contributed by atoms with Crippen molar-refractivity contribution in [3.8, 4) is 0 Å². The summed E-state index contributed by atoms with van der Waals surface area (Å²) in [6.07, 6.45) is 7.27. The molecule has 0 aromatic carbocycles. The first-order valence-electron chi connectivity index (χ1n) is 5.69. The van der Waals surface area contributed by atoms with Crippen molar-refractivity contribution >= 4 is 0 Å². The molecule has 4 nitrogen and oxygen atoms in total. The van der Waals surface area contributed by atoms with Crippen molar-refractivity contribution in [2.75, 3.05) is 0 Å². The Balaban J connectivity index is 2.66. The Hall–Kier alpha value is -1.19. The van der Waals surface area contributed by atoms with Gasteiger partial charge in [0.25, 0.3) is 5.56 Å².